The SMILES string of the molecule is COC[C@H](O)C1CC1. The molecule has 1 saturated carbocycles. The molecule has 0 aromatic carbocycles. The second kappa shape index (κ2) is 2.46. The van der Waals surface area contributed by atoms with E-state index in [9.17, 15) is 0 Å². The van der Waals surface area contributed by atoms with E-state index in [1.165, 1.54) is 12.8 Å². The molecule has 0 aliphatic heterocycles. The van der Waals surface area contributed by atoms with Gasteiger partial charge < -0.3 is 9.84 Å². The minimum atomic E-state index is -0.194. The number of hydrogen-bond donors (Lipinski definition) is 1. The smallest absolute Gasteiger partial charge is 0.0801 e. The zero-order valence-corrected chi connectivity index (χ0v) is 5.13. The molecule has 1 fully saturated rings. The number of aliphatic hydroxyl groups excluding tert-OH is 1. The van der Waals surface area contributed by atoms with Crippen LogP contribution < -0.4 is 0 Å². The normalized spacial score (nSPS) is 23.2. The van der Waals surface area contributed by atoms with Crippen LogP contribution in [-0.2, 0) is 4.74 Å². The van der Waals surface area contributed by atoms with E-state index in [1.54, 1.807) is 7.11 Å². The van der Waals surface area contributed by atoms with Crippen LogP contribution in [0.5, 0.6) is 0 Å². The molecular formula is C6H12O2. The van der Waals surface area contributed by atoms with Crippen LogP contribution in [0.15, 0.2) is 0 Å². The summed E-state index contributed by atoms with van der Waals surface area (Å²) < 4.78 is 4.75. The Morgan fingerprint density at radius 3 is 2.75 bits per heavy atom. The quantitative estimate of drug-likeness (QED) is 0.578. The molecule has 0 saturated heterocycles. The number of hydrogen-bond acceptors (Lipinski definition) is 2. The van der Waals surface area contributed by atoms with Crippen LogP contribution in [0.2, 0.25) is 0 Å². The largest absolute Gasteiger partial charge is 0.390 e. The molecule has 2 heteroatoms. The molecule has 0 radical (unpaired) electrons. The van der Waals surface area contributed by atoms with Gasteiger partial charge in [0.25, 0.3) is 0 Å². The number of rotatable bonds is 3. The first-order chi connectivity index (χ1) is 3.84. The van der Waals surface area contributed by atoms with Crippen molar-refractivity contribution < 1.29 is 9.84 Å². The first-order valence-corrected chi connectivity index (χ1v) is 3.01. The van der Waals surface area contributed by atoms with Gasteiger partial charge in [-0.3, -0.25) is 0 Å². The van der Waals surface area contributed by atoms with Crippen LogP contribution in [0.1, 0.15) is 12.8 Å². The fourth-order valence-corrected chi connectivity index (χ4v) is 0.788. The summed E-state index contributed by atoms with van der Waals surface area (Å²) in [5, 5.41) is 9.06. The lowest BCUT2D eigenvalue weighted by Crippen LogP contribution is -2.15. The van der Waals surface area contributed by atoms with E-state index in [0.29, 0.717) is 12.5 Å². The molecule has 1 atom stereocenters. The van der Waals surface area contributed by atoms with E-state index >= 15 is 0 Å². The zero-order valence-electron chi connectivity index (χ0n) is 5.13. The van der Waals surface area contributed by atoms with Crippen LogP contribution in [-0.4, -0.2) is 24.9 Å². The summed E-state index contributed by atoms with van der Waals surface area (Å²) in [5.41, 5.74) is 0. The number of aliphatic hydroxyl groups is 1. The summed E-state index contributed by atoms with van der Waals surface area (Å²) in [4.78, 5) is 0. The Morgan fingerprint density at radius 1 is 1.75 bits per heavy atom. The topological polar surface area (TPSA) is 29.5 Å². The van der Waals surface area contributed by atoms with Crippen molar-refractivity contribution in [1.82, 2.24) is 0 Å². The molecule has 1 N–H and O–H groups in total. The van der Waals surface area contributed by atoms with Gasteiger partial charge in [-0.2, -0.15) is 0 Å². The second-order valence-electron chi connectivity index (χ2n) is 2.36. The third-order valence-corrected chi connectivity index (χ3v) is 1.50. The minimum Gasteiger partial charge on any atom is -0.390 e. The highest BCUT2D eigenvalue weighted by molar-refractivity contribution is 4.80. The van der Waals surface area contributed by atoms with Gasteiger partial charge in [0.2, 0.25) is 0 Å². The Morgan fingerprint density at radius 2 is 2.38 bits per heavy atom. The number of ether oxygens (including phenoxy) is 1. The molecule has 0 heterocycles. The summed E-state index contributed by atoms with van der Waals surface area (Å²) in [6.45, 7) is 0.505. The van der Waals surface area contributed by atoms with Crippen molar-refractivity contribution >= 4 is 0 Å². The molecular weight excluding hydrogens is 104 g/mol. The molecule has 0 spiro atoms. The predicted octanol–water partition coefficient (Wildman–Crippen LogP) is 0.404. The lowest BCUT2D eigenvalue weighted by atomic mass is 10.2. The highest BCUT2D eigenvalue weighted by Gasteiger charge is 2.29. The van der Waals surface area contributed by atoms with Gasteiger partial charge in [-0.05, 0) is 18.8 Å². The first kappa shape index (κ1) is 6.05. The molecule has 1 aliphatic carbocycles. The molecule has 8 heavy (non-hydrogen) atoms. The molecule has 0 amide bonds. The average Bonchev–Trinajstić information content (AvgIpc) is 2.45. The molecule has 48 valence electrons. The first-order valence-electron chi connectivity index (χ1n) is 3.01. The van der Waals surface area contributed by atoms with Crippen molar-refractivity contribution in [2.45, 2.75) is 18.9 Å². The molecule has 2 nitrogen and oxygen atoms in total. The van der Waals surface area contributed by atoms with Crippen LogP contribution >= 0.6 is 0 Å². The maximum absolute atomic E-state index is 9.06. The third-order valence-electron chi connectivity index (χ3n) is 1.50. The van der Waals surface area contributed by atoms with E-state index in [4.69, 9.17) is 9.84 Å². The fourth-order valence-electron chi connectivity index (χ4n) is 0.788. The van der Waals surface area contributed by atoms with Gasteiger partial charge in [-0.15, -0.1) is 0 Å². The summed E-state index contributed by atoms with van der Waals surface area (Å²) >= 11 is 0. The van der Waals surface area contributed by atoms with E-state index in [0.717, 1.165) is 0 Å². The van der Waals surface area contributed by atoms with Crippen molar-refractivity contribution in [3.05, 3.63) is 0 Å². The van der Waals surface area contributed by atoms with Gasteiger partial charge in [0.1, 0.15) is 0 Å². The Kier molecular flexibility index (Phi) is 1.86. The highest BCUT2D eigenvalue weighted by Crippen LogP contribution is 2.32. The zero-order chi connectivity index (χ0) is 5.98. The summed E-state index contributed by atoms with van der Waals surface area (Å²) in [6.07, 6.45) is 2.18. The second-order valence-corrected chi connectivity index (χ2v) is 2.36. The molecule has 0 unspecified atom stereocenters. The van der Waals surface area contributed by atoms with E-state index in [1.807, 2.05) is 0 Å². The predicted molar refractivity (Wildman–Crippen MR) is 30.6 cm³/mol. The van der Waals surface area contributed by atoms with Gasteiger partial charge in [0, 0.05) is 7.11 Å². The van der Waals surface area contributed by atoms with Gasteiger partial charge in [0.05, 0.1) is 12.7 Å². The summed E-state index contributed by atoms with van der Waals surface area (Å²) in [5.74, 6) is 0.551. The van der Waals surface area contributed by atoms with Crippen LogP contribution in [0, 0.1) is 5.92 Å². The van der Waals surface area contributed by atoms with Crippen molar-refractivity contribution in [3.8, 4) is 0 Å². The van der Waals surface area contributed by atoms with Crippen molar-refractivity contribution in [2.75, 3.05) is 13.7 Å². The van der Waals surface area contributed by atoms with Crippen molar-refractivity contribution in [3.63, 3.8) is 0 Å². The van der Waals surface area contributed by atoms with E-state index < -0.39 is 0 Å². The Balaban J connectivity index is 2.03. The maximum atomic E-state index is 9.06. The molecule has 1 aliphatic rings. The average molecular weight is 116 g/mol. The van der Waals surface area contributed by atoms with E-state index in [2.05, 4.69) is 0 Å². The Bertz CT molecular complexity index is 68.9. The third kappa shape index (κ3) is 1.46. The molecule has 0 aromatic heterocycles. The van der Waals surface area contributed by atoms with Crippen LogP contribution in [0.4, 0.5) is 0 Å². The molecule has 0 bridgehead atoms. The lowest BCUT2D eigenvalue weighted by molar-refractivity contribution is 0.0508. The van der Waals surface area contributed by atoms with Crippen LogP contribution in [0.25, 0.3) is 0 Å². The standard InChI is InChI=1S/C6H12O2/c1-8-4-6(7)5-2-3-5/h5-7H,2-4H2,1H3/t6-/m0/s1. The van der Waals surface area contributed by atoms with Gasteiger partial charge in [-0.1, -0.05) is 0 Å². The van der Waals surface area contributed by atoms with Gasteiger partial charge in [0.15, 0.2) is 0 Å². The summed E-state index contributed by atoms with van der Waals surface area (Å²) in [7, 11) is 1.62. The van der Waals surface area contributed by atoms with Crippen molar-refractivity contribution in [1.29, 1.82) is 0 Å². The molecule has 0 aromatic rings. The van der Waals surface area contributed by atoms with E-state index in [-0.39, 0.29) is 6.10 Å². The summed E-state index contributed by atoms with van der Waals surface area (Å²) in [6, 6.07) is 0. The van der Waals surface area contributed by atoms with Gasteiger partial charge >= 0.3 is 0 Å². The minimum absolute atomic E-state index is 0.194. The Hall–Kier alpha value is -0.0800. The fraction of sp³-hybridized carbons (Fsp3) is 1.00. The lowest BCUT2D eigenvalue weighted by Gasteiger charge is -2.04. The monoisotopic (exact) mass is 116 g/mol. The number of methoxy groups -OCH3 is 1. The highest BCUT2D eigenvalue weighted by atomic mass is 16.5. The Labute approximate surface area is 49.5 Å². The molecule has 1 rings (SSSR count). The maximum Gasteiger partial charge on any atom is 0.0801 e. The van der Waals surface area contributed by atoms with Gasteiger partial charge in [-0.25, -0.2) is 0 Å². The van der Waals surface area contributed by atoms with Crippen LogP contribution in [0.3, 0.4) is 0 Å². The van der Waals surface area contributed by atoms with Crippen molar-refractivity contribution in [2.24, 2.45) is 5.92 Å².